The van der Waals surface area contributed by atoms with Crippen LogP contribution < -0.4 is 5.32 Å². The molecular formula is C15H21N5O5S. The molecule has 1 aromatic heterocycles. The Labute approximate surface area is 154 Å². The van der Waals surface area contributed by atoms with Crippen molar-refractivity contribution in [3.8, 4) is 5.69 Å². The lowest BCUT2D eigenvalue weighted by Gasteiger charge is -2.08. The summed E-state index contributed by atoms with van der Waals surface area (Å²) in [7, 11) is 0. The van der Waals surface area contributed by atoms with Crippen molar-refractivity contribution in [3.05, 3.63) is 29.3 Å². The molecule has 0 fully saturated rings. The summed E-state index contributed by atoms with van der Waals surface area (Å²) < 4.78 is 1.78. The van der Waals surface area contributed by atoms with E-state index >= 15 is 0 Å². The monoisotopic (exact) mass is 383 g/mol. The number of nitrogens with one attached hydrogen (secondary N) is 1. The molecule has 0 saturated carbocycles. The normalized spacial score (nSPS) is 10.1. The summed E-state index contributed by atoms with van der Waals surface area (Å²) in [5, 5.41) is 39.3. The number of thioether (sulfide) groups is 1. The first-order chi connectivity index (χ1) is 12.4. The van der Waals surface area contributed by atoms with Crippen molar-refractivity contribution < 1.29 is 24.9 Å². The number of carboxylic acids is 2. The molecule has 2 aromatic rings. The van der Waals surface area contributed by atoms with Crippen molar-refractivity contribution in [1.82, 2.24) is 25.5 Å². The third kappa shape index (κ3) is 7.17. The first kappa shape index (κ1) is 21.5. The molecule has 10 nitrogen and oxygen atoms in total. The van der Waals surface area contributed by atoms with E-state index in [1.807, 2.05) is 6.92 Å². The summed E-state index contributed by atoms with van der Waals surface area (Å²) in [6.45, 7) is 5.69. The highest BCUT2D eigenvalue weighted by Crippen LogP contribution is 2.21. The van der Waals surface area contributed by atoms with Crippen LogP contribution in [0, 0.1) is 13.8 Å². The number of carbonyl (C=O) groups is 2. The van der Waals surface area contributed by atoms with Gasteiger partial charge in [0.2, 0.25) is 5.16 Å². The number of rotatable bonds is 7. The van der Waals surface area contributed by atoms with Gasteiger partial charge in [-0.3, -0.25) is 0 Å². The fourth-order valence-electron chi connectivity index (χ4n) is 1.79. The Morgan fingerprint density at radius 2 is 1.88 bits per heavy atom. The van der Waals surface area contributed by atoms with Gasteiger partial charge >= 0.3 is 11.9 Å². The Morgan fingerprint density at radius 1 is 1.19 bits per heavy atom. The van der Waals surface area contributed by atoms with Gasteiger partial charge in [-0.2, -0.15) is 4.68 Å². The molecule has 0 aliphatic heterocycles. The molecule has 4 N–H and O–H groups in total. The van der Waals surface area contributed by atoms with Crippen LogP contribution in [-0.4, -0.2) is 72.9 Å². The van der Waals surface area contributed by atoms with Gasteiger partial charge in [-0.05, 0) is 41.5 Å². The van der Waals surface area contributed by atoms with Crippen molar-refractivity contribution in [2.75, 3.05) is 25.4 Å². The number of hydrogen-bond donors (Lipinski definition) is 4. The summed E-state index contributed by atoms with van der Waals surface area (Å²) in [5.41, 5.74) is 3.34. The van der Waals surface area contributed by atoms with E-state index in [0.29, 0.717) is 6.54 Å². The van der Waals surface area contributed by atoms with Crippen LogP contribution in [0.5, 0.6) is 0 Å². The molecular weight excluding hydrogens is 362 g/mol. The molecule has 1 aromatic carbocycles. The van der Waals surface area contributed by atoms with Crippen molar-refractivity contribution in [1.29, 1.82) is 0 Å². The van der Waals surface area contributed by atoms with Crippen molar-refractivity contribution in [2.24, 2.45) is 0 Å². The molecule has 0 radical (unpaired) electrons. The molecule has 1 heterocycles. The maximum atomic E-state index is 9.10. The number of nitrogens with zero attached hydrogens (tertiary/aromatic N) is 4. The Morgan fingerprint density at radius 3 is 2.50 bits per heavy atom. The smallest absolute Gasteiger partial charge is 0.414 e. The van der Waals surface area contributed by atoms with Gasteiger partial charge in [0.05, 0.1) is 12.3 Å². The van der Waals surface area contributed by atoms with Crippen LogP contribution >= 0.6 is 11.8 Å². The average Bonchev–Trinajstić information content (AvgIpc) is 3.05. The Balaban J connectivity index is 0.000000487. The SMILES string of the molecule is Cc1ccc(C)c(-n2nnnc2SCCNCCO)c1.O=C(O)C(=O)O. The van der Waals surface area contributed by atoms with Crippen LogP contribution in [0.1, 0.15) is 11.1 Å². The van der Waals surface area contributed by atoms with E-state index in [4.69, 9.17) is 24.9 Å². The number of benzene rings is 1. The summed E-state index contributed by atoms with van der Waals surface area (Å²) in [5.74, 6) is -2.80. The van der Waals surface area contributed by atoms with Crippen LogP contribution in [0.3, 0.4) is 0 Å². The van der Waals surface area contributed by atoms with E-state index in [0.717, 1.165) is 28.7 Å². The minimum absolute atomic E-state index is 0.158. The first-order valence-corrected chi connectivity index (χ1v) is 8.62. The highest BCUT2D eigenvalue weighted by atomic mass is 32.2. The summed E-state index contributed by atoms with van der Waals surface area (Å²) >= 11 is 1.60. The molecule has 26 heavy (non-hydrogen) atoms. The van der Waals surface area contributed by atoms with E-state index in [-0.39, 0.29) is 6.61 Å². The Kier molecular flexibility index (Phi) is 9.26. The van der Waals surface area contributed by atoms with E-state index in [1.165, 1.54) is 5.56 Å². The first-order valence-electron chi connectivity index (χ1n) is 7.63. The van der Waals surface area contributed by atoms with Crippen molar-refractivity contribution in [2.45, 2.75) is 19.0 Å². The second kappa shape index (κ2) is 11.2. The standard InChI is InChI=1S/C13H19N5OS.C2H2O4/c1-10-3-4-11(2)12(9-10)18-13(15-16-17-18)20-8-6-14-5-7-19;3-1(4)2(5)6/h3-4,9,14,19H,5-8H2,1-2H3;(H,3,4)(H,5,6). The Bertz CT molecular complexity index is 725. The van der Waals surface area contributed by atoms with Crippen molar-refractivity contribution >= 4 is 23.7 Å². The third-order valence-corrected chi connectivity index (χ3v) is 3.94. The molecule has 0 aliphatic rings. The zero-order valence-electron chi connectivity index (χ0n) is 14.4. The second-order valence-electron chi connectivity index (χ2n) is 5.10. The molecule has 0 saturated heterocycles. The molecule has 0 aliphatic carbocycles. The van der Waals surface area contributed by atoms with Gasteiger partial charge in [-0.15, -0.1) is 5.10 Å². The molecule has 142 valence electrons. The number of aliphatic hydroxyl groups excluding tert-OH is 1. The molecule has 0 amide bonds. The lowest BCUT2D eigenvalue weighted by Crippen LogP contribution is -2.20. The number of carboxylic acid groups (broad SMARTS) is 2. The zero-order chi connectivity index (χ0) is 19.5. The third-order valence-electron chi connectivity index (χ3n) is 3.02. The number of aryl methyl sites for hydroxylation is 2. The predicted molar refractivity (Wildman–Crippen MR) is 94.6 cm³/mol. The van der Waals surface area contributed by atoms with Crippen LogP contribution in [0.4, 0.5) is 0 Å². The number of tetrazole rings is 1. The largest absolute Gasteiger partial charge is 0.473 e. The minimum atomic E-state index is -1.82. The summed E-state index contributed by atoms with van der Waals surface area (Å²) in [4.78, 5) is 18.2. The van der Waals surface area contributed by atoms with Gasteiger partial charge in [0, 0.05) is 18.8 Å². The van der Waals surface area contributed by atoms with Crippen molar-refractivity contribution in [3.63, 3.8) is 0 Å². The van der Waals surface area contributed by atoms with Gasteiger partial charge < -0.3 is 20.6 Å². The summed E-state index contributed by atoms with van der Waals surface area (Å²) in [6, 6.07) is 6.23. The van der Waals surface area contributed by atoms with Gasteiger partial charge in [-0.25, -0.2) is 9.59 Å². The van der Waals surface area contributed by atoms with E-state index in [9.17, 15) is 0 Å². The maximum Gasteiger partial charge on any atom is 0.414 e. The van der Waals surface area contributed by atoms with Crippen LogP contribution in [0.25, 0.3) is 5.69 Å². The Hall–Kier alpha value is -2.50. The van der Waals surface area contributed by atoms with Gasteiger partial charge in [0.1, 0.15) is 0 Å². The second-order valence-corrected chi connectivity index (χ2v) is 6.16. The van der Waals surface area contributed by atoms with E-state index in [2.05, 4.69) is 46.0 Å². The highest BCUT2D eigenvalue weighted by molar-refractivity contribution is 7.99. The van der Waals surface area contributed by atoms with Crippen LogP contribution in [0.2, 0.25) is 0 Å². The average molecular weight is 383 g/mol. The zero-order valence-corrected chi connectivity index (χ0v) is 15.2. The molecule has 0 bridgehead atoms. The molecule has 11 heteroatoms. The molecule has 0 atom stereocenters. The van der Waals surface area contributed by atoms with Crippen LogP contribution in [0.15, 0.2) is 23.4 Å². The fourth-order valence-corrected chi connectivity index (χ4v) is 2.57. The maximum absolute atomic E-state index is 9.10. The quantitative estimate of drug-likeness (QED) is 0.294. The number of aromatic nitrogens is 4. The molecule has 2 rings (SSSR count). The van der Waals surface area contributed by atoms with Gasteiger partial charge in [0.15, 0.2) is 0 Å². The number of hydrogen-bond acceptors (Lipinski definition) is 8. The number of aliphatic carboxylic acids is 2. The minimum Gasteiger partial charge on any atom is -0.473 e. The highest BCUT2D eigenvalue weighted by Gasteiger charge is 2.11. The number of aliphatic hydroxyl groups is 1. The topological polar surface area (TPSA) is 150 Å². The lowest BCUT2D eigenvalue weighted by molar-refractivity contribution is -0.159. The van der Waals surface area contributed by atoms with Gasteiger partial charge in [-0.1, -0.05) is 23.9 Å². The van der Waals surface area contributed by atoms with E-state index < -0.39 is 11.9 Å². The van der Waals surface area contributed by atoms with Gasteiger partial charge in [0.25, 0.3) is 0 Å². The predicted octanol–water partition coefficient (Wildman–Crippen LogP) is 0.109. The molecule has 0 unspecified atom stereocenters. The molecule has 0 spiro atoms. The van der Waals surface area contributed by atoms with E-state index in [1.54, 1.807) is 16.4 Å². The van der Waals surface area contributed by atoms with Crippen LogP contribution in [-0.2, 0) is 9.59 Å². The lowest BCUT2D eigenvalue weighted by atomic mass is 10.1. The summed E-state index contributed by atoms with van der Waals surface area (Å²) in [6.07, 6.45) is 0. The fraction of sp³-hybridized carbons (Fsp3) is 0.400.